The van der Waals surface area contributed by atoms with Gasteiger partial charge >= 0.3 is 0 Å². The Bertz CT molecular complexity index is 673. The molecule has 90 valence electrons. The summed E-state index contributed by atoms with van der Waals surface area (Å²) < 4.78 is 13.0. The van der Waals surface area contributed by atoms with Gasteiger partial charge in [-0.05, 0) is 42.1 Å². The normalized spacial score (nSPS) is 10.8. The highest BCUT2D eigenvalue weighted by molar-refractivity contribution is 7.13. The number of H-pyrrole nitrogens is 1. The first-order chi connectivity index (χ1) is 8.74. The topological polar surface area (TPSA) is 41.6 Å². The molecule has 0 aliphatic carbocycles. The SMILES string of the molecule is Cc1cc(F)ccc1-c1n[nH]c(-c2cccs2)n1. The first kappa shape index (κ1) is 11.1. The molecule has 18 heavy (non-hydrogen) atoms. The van der Waals surface area contributed by atoms with Gasteiger partial charge in [0.05, 0.1) is 4.88 Å². The molecule has 3 rings (SSSR count). The van der Waals surface area contributed by atoms with E-state index in [-0.39, 0.29) is 5.82 Å². The molecule has 0 saturated heterocycles. The molecule has 0 aliphatic heterocycles. The molecule has 0 aliphatic rings. The van der Waals surface area contributed by atoms with Crippen molar-refractivity contribution in [1.82, 2.24) is 15.2 Å². The van der Waals surface area contributed by atoms with Gasteiger partial charge in [-0.15, -0.1) is 11.3 Å². The Morgan fingerprint density at radius 3 is 2.89 bits per heavy atom. The number of nitrogens with zero attached hydrogens (tertiary/aromatic N) is 2. The van der Waals surface area contributed by atoms with Crippen LogP contribution in [0.2, 0.25) is 0 Å². The van der Waals surface area contributed by atoms with Gasteiger partial charge in [-0.3, -0.25) is 5.10 Å². The minimum Gasteiger partial charge on any atom is -0.258 e. The summed E-state index contributed by atoms with van der Waals surface area (Å²) in [5.41, 5.74) is 1.67. The summed E-state index contributed by atoms with van der Waals surface area (Å²) in [7, 11) is 0. The van der Waals surface area contributed by atoms with Crippen LogP contribution in [0.25, 0.3) is 22.1 Å². The van der Waals surface area contributed by atoms with Crippen molar-refractivity contribution in [2.75, 3.05) is 0 Å². The molecule has 0 amide bonds. The van der Waals surface area contributed by atoms with Crippen molar-refractivity contribution >= 4 is 11.3 Å². The van der Waals surface area contributed by atoms with Gasteiger partial charge in [0.1, 0.15) is 5.82 Å². The van der Waals surface area contributed by atoms with Crippen LogP contribution < -0.4 is 0 Å². The summed E-state index contributed by atoms with van der Waals surface area (Å²) >= 11 is 1.60. The zero-order valence-corrected chi connectivity index (χ0v) is 10.5. The number of aryl methyl sites for hydroxylation is 1. The number of rotatable bonds is 2. The molecule has 1 aromatic carbocycles. The molecule has 3 nitrogen and oxygen atoms in total. The van der Waals surface area contributed by atoms with Gasteiger partial charge in [0.15, 0.2) is 11.6 Å². The summed E-state index contributed by atoms with van der Waals surface area (Å²) in [5, 5.41) is 9.07. The van der Waals surface area contributed by atoms with Crippen LogP contribution >= 0.6 is 11.3 Å². The zero-order chi connectivity index (χ0) is 12.5. The number of aromatic nitrogens is 3. The van der Waals surface area contributed by atoms with Crippen molar-refractivity contribution in [3.63, 3.8) is 0 Å². The molecule has 0 spiro atoms. The Hall–Kier alpha value is -2.01. The lowest BCUT2D eigenvalue weighted by molar-refractivity contribution is 0.627. The number of aromatic amines is 1. The van der Waals surface area contributed by atoms with E-state index in [1.165, 1.54) is 12.1 Å². The molecular formula is C13H10FN3S. The Labute approximate surface area is 107 Å². The van der Waals surface area contributed by atoms with Gasteiger partial charge in [-0.25, -0.2) is 9.37 Å². The van der Waals surface area contributed by atoms with Crippen molar-refractivity contribution < 1.29 is 4.39 Å². The molecule has 2 heterocycles. The largest absolute Gasteiger partial charge is 0.258 e. The van der Waals surface area contributed by atoms with E-state index in [0.717, 1.165) is 21.8 Å². The smallest absolute Gasteiger partial charge is 0.181 e. The molecule has 0 bridgehead atoms. The van der Waals surface area contributed by atoms with Crippen LogP contribution in [0.1, 0.15) is 5.56 Å². The van der Waals surface area contributed by atoms with Crippen molar-refractivity contribution in [1.29, 1.82) is 0 Å². The Kier molecular flexibility index (Phi) is 2.68. The van der Waals surface area contributed by atoms with E-state index in [2.05, 4.69) is 15.2 Å². The predicted molar refractivity (Wildman–Crippen MR) is 69.8 cm³/mol. The van der Waals surface area contributed by atoms with E-state index < -0.39 is 0 Å². The van der Waals surface area contributed by atoms with Crippen LogP contribution in [0.4, 0.5) is 4.39 Å². The lowest BCUT2D eigenvalue weighted by atomic mass is 10.1. The summed E-state index contributed by atoms with van der Waals surface area (Å²) in [4.78, 5) is 5.47. The molecule has 0 unspecified atom stereocenters. The van der Waals surface area contributed by atoms with E-state index >= 15 is 0 Å². The second-order valence-electron chi connectivity index (χ2n) is 3.94. The lowest BCUT2D eigenvalue weighted by Crippen LogP contribution is -1.87. The lowest BCUT2D eigenvalue weighted by Gasteiger charge is -2.00. The summed E-state index contributed by atoms with van der Waals surface area (Å²) in [5.74, 6) is 1.09. The van der Waals surface area contributed by atoms with Gasteiger partial charge in [-0.2, -0.15) is 5.10 Å². The van der Waals surface area contributed by atoms with Crippen LogP contribution in [0.15, 0.2) is 35.7 Å². The number of benzene rings is 1. The zero-order valence-electron chi connectivity index (χ0n) is 9.64. The Morgan fingerprint density at radius 1 is 1.28 bits per heavy atom. The standard InChI is InChI=1S/C13H10FN3S/c1-8-7-9(14)4-5-10(8)12-15-13(17-16-12)11-3-2-6-18-11/h2-7H,1H3,(H,15,16,17). The Balaban J connectivity index is 2.03. The van der Waals surface area contributed by atoms with E-state index in [4.69, 9.17) is 0 Å². The third-order valence-corrected chi connectivity index (χ3v) is 3.55. The fourth-order valence-corrected chi connectivity index (χ4v) is 2.45. The van der Waals surface area contributed by atoms with E-state index in [0.29, 0.717) is 5.82 Å². The van der Waals surface area contributed by atoms with Crippen LogP contribution in [0.5, 0.6) is 0 Å². The third kappa shape index (κ3) is 1.93. The molecule has 1 N–H and O–H groups in total. The van der Waals surface area contributed by atoms with E-state index in [1.54, 1.807) is 17.4 Å². The summed E-state index contributed by atoms with van der Waals surface area (Å²) in [6.45, 7) is 1.85. The molecule has 3 aromatic rings. The minimum absolute atomic E-state index is 0.245. The van der Waals surface area contributed by atoms with Gasteiger partial charge in [-0.1, -0.05) is 6.07 Å². The average Bonchev–Trinajstić information content (AvgIpc) is 2.99. The number of hydrogen-bond donors (Lipinski definition) is 1. The van der Waals surface area contributed by atoms with E-state index in [9.17, 15) is 4.39 Å². The number of thiophene rings is 1. The minimum atomic E-state index is -0.245. The highest BCUT2D eigenvalue weighted by atomic mass is 32.1. The monoisotopic (exact) mass is 259 g/mol. The highest BCUT2D eigenvalue weighted by Crippen LogP contribution is 2.25. The van der Waals surface area contributed by atoms with Gasteiger partial charge in [0.25, 0.3) is 0 Å². The van der Waals surface area contributed by atoms with Gasteiger partial charge < -0.3 is 0 Å². The number of hydrogen-bond acceptors (Lipinski definition) is 3. The van der Waals surface area contributed by atoms with Crippen LogP contribution in [-0.2, 0) is 0 Å². The second-order valence-corrected chi connectivity index (χ2v) is 4.89. The molecule has 5 heteroatoms. The van der Waals surface area contributed by atoms with Crippen LogP contribution in [-0.4, -0.2) is 15.2 Å². The molecule has 0 fully saturated rings. The van der Waals surface area contributed by atoms with E-state index in [1.807, 2.05) is 24.4 Å². The average molecular weight is 259 g/mol. The molecule has 2 aromatic heterocycles. The maximum atomic E-state index is 13.0. The maximum absolute atomic E-state index is 13.0. The quantitative estimate of drug-likeness (QED) is 0.763. The summed E-state index contributed by atoms with van der Waals surface area (Å²) in [6, 6.07) is 8.55. The number of nitrogens with one attached hydrogen (secondary N) is 1. The fraction of sp³-hybridized carbons (Fsp3) is 0.0769. The molecule has 0 radical (unpaired) electrons. The maximum Gasteiger partial charge on any atom is 0.181 e. The van der Waals surface area contributed by atoms with Crippen molar-refractivity contribution in [2.45, 2.75) is 6.92 Å². The number of halogens is 1. The van der Waals surface area contributed by atoms with Crippen LogP contribution in [0, 0.1) is 12.7 Å². The first-order valence-corrected chi connectivity index (χ1v) is 6.35. The predicted octanol–water partition coefficient (Wildman–Crippen LogP) is 3.65. The molecule has 0 saturated carbocycles. The van der Waals surface area contributed by atoms with Crippen molar-refractivity contribution in [2.24, 2.45) is 0 Å². The molecule has 0 atom stereocenters. The van der Waals surface area contributed by atoms with Crippen molar-refractivity contribution in [3.8, 4) is 22.1 Å². The fourth-order valence-electron chi connectivity index (χ4n) is 1.78. The van der Waals surface area contributed by atoms with Crippen molar-refractivity contribution in [3.05, 3.63) is 47.1 Å². The highest BCUT2D eigenvalue weighted by Gasteiger charge is 2.10. The van der Waals surface area contributed by atoms with Crippen LogP contribution in [0.3, 0.4) is 0 Å². The van der Waals surface area contributed by atoms with Gasteiger partial charge in [0.2, 0.25) is 0 Å². The molecular weight excluding hydrogens is 249 g/mol. The second kappa shape index (κ2) is 4.34. The van der Waals surface area contributed by atoms with Gasteiger partial charge in [0, 0.05) is 5.56 Å². The Morgan fingerprint density at radius 2 is 2.17 bits per heavy atom. The first-order valence-electron chi connectivity index (χ1n) is 5.47. The third-order valence-electron chi connectivity index (χ3n) is 2.67. The summed E-state index contributed by atoms with van der Waals surface area (Å²) in [6.07, 6.45) is 0.